The van der Waals surface area contributed by atoms with Gasteiger partial charge >= 0.3 is 5.97 Å². The van der Waals surface area contributed by atoms with Crippen LogP contribution in [0.1, 0.15) is 38.5 Å². The van der Waals surface area contributed by atoms with Crippen molar-refractivity contribution in [2.24, 2.45) is 5.73 Å². The minimum absolute atomic E-state index is 0.0555. The van der Waals surface area contributed by atoms with Crippen LogP contribution in [-0.2, 0) is 9.59 Å². The van der Waals surface area contributed by atoms with Gasteiger partial charge in [0.05, 0.1) is 12.1 Å². The first-order valence-corrected chi connectivity index (χ1v) is 7.05. The van der Waals surface area contributed by atoms with Gasteiger partial charge in [-0.1, -0.05) is 18.9 Å². The van der Waals surface area contributed by atoms with Gasteiger partial charge in [0.1, 0.15) is 6.04 Å². The van der Waals surface area contributed by atoms with E-state index in [0.29, 0.717) is 6.42 Å². The van der Waals surface area contributed by atoms with Gasteiger partial charge in [0.2, 0.25) is 5.91 Å². The average molecular weight is 284 g/mol. The molecule has 4 N–H and O–H groups in total. The van der Waals surface area contributed by atoms with Gasteiger partial charge in [-0.2, -0.15) is 0 Å². The van der Waals surface area contributed by atoms with Gasteiger partial charge in [-0.05, 0) is 19.3 Å². The van der Waals surface area contributed by atoms with E-state index in [1.807, 2.05) is 6.08 Å². The number of hydrogen-bond donors (Lipinski definition) is 3. The molecule has 0 aromatic rings. The Bertz CT molecular complexity index is 359. The van der Waals surface area contributed by atoms with Crippen LogP contribution in [0.5, 0.6) is 0 Å². The van der Waals surface area contributed by atoms with E-state index in [1.165, 1.54) is 4.90 Å². The standard InChI is InChI=1S/C14H24N2O4/c1-2-3-4-5-6-7-11(15)13(18)16-9-10(17)8-12(16)14(19)20/h2,10-12,17H,1,3-9,15H2,(H,19,20)/t10-,11-,12-/m0/s1. The molecule has 6 heteroatoms. The number of amides is 1. The number of carbonyl (C=O) groups excluding carboxylic acids is 1. The molecular weight excluding hydrogens is 260 g/mol. The smallest absolute Gasteiger partial charge is 0.326 e. The SMILES string of the molecule is C=CCCCCC[C@H](N)C(=O)N1C[C@@H](O)C[C@H]1C(=O)O. The third-order valence-electron chi connectivity index (χ3n) is 3.59. The number of carboxylic acid groups (broad SMARTS) is 1. The van der Waals surface area contributed by atoms with Gasteiger partial charge in [-0.3, -0.25) is 4.79 Å². The number of allylic oxidation sites excluding steroid dienone is 1. The topological polar surface area (TPSA) is 104 Å². The maximum Gasteiger partial charge on any atom is 0.326 e. The van der Waals surface area contributed by atoms with Crippen LogP contribution in [0, 0.1) is 0 Å². The molecule has 0 aromatic heterocycles. The molecule has 0 aromatic carbocycles. The molecule has 0 radical (unpaired) electrons. The summed E-state index contributed by atoms with van der Waals surface area (Å²) >= 11 is 0. The fourth-order valence-electron chi connectivity index (χ4n) is 2.46. The van der Waals surface area contributed by atoms with Crippen molar-refractivity contribution in [3.63, 3.8) is 0 Å². The lowest BCUT2D eigenvalue weighted by Gasteiger charge is -2.24. The summed E-state index contributed by atoms with van der Waals surface area (Å²) in [6.07, 6.45) is 5.45. The monoisotopic (exact) mass is 284 g/mol. The van der Waals surface area contributed by atoms with E-state index in [-0.39, 0.29) is 18.9 Å². The number of aliphatic hydroxyl groups excluding tert-OH is 1. The molecule has 1 heterocycles. The quantitative estimate of drug-likeness (QED) is 0.445. The van der Waals surface area contributed by atoms with Crippen LogP contribution in [0.3, 0.4) is 0 Å². The predicted molar refractivity (Wildman–Crippen MR) is 75.0 cm³/mol. The van der Waals surface area contributed by atoms with E-state index in [4.69, 9.17) is 10.8 Å². The van der Waals surface area contributed by atoms with Gasteiger partial charge in [0.25, 0.3) is 0 Å². The van der Waals surface area contributed by atoms with Crippen molar-refractivity contribution in [1.29, 1.82) is 0 Å². The second-order valence-electron chi connectivity index (χ2n) is 5.27. The Kier molecular flexibility index (Phi) is 6.67. The third-order valence-corrected chi connectivity index (χ3v) is 3.59. The third kappa shape index (κ3) is 4.61. The molecule has 0 aliphatic carbocycles. The lowest BCUT2D eigenvalue weighted by Crippen LogP contribution is -2.48. The molecule has 1 fully saturated rings. The number of nitrogens with zero attached hydrogens (tertiary/aromatic N) is 1. The molecule has 6 nitrogen and oxygen atoms in total. The van der Waals surface area contributed by atoms with E-state index in [1.54, 1.807) is 0 Å². The van der Waals surface area contributed by atoms with Gasteiger partial charge in [0, 0.05) is 13.0 Å². The normalized spacial score (nSPS) is 23.6. The minimum Gasteiger partial charge on any atom is -0.480 e. The fraction of sp³-hybridized carbons (Fsp3) is 0.714. The number of likely N-dealkylation sites (tertiary alicyclic amines) is 1. The predicted octanol–water partition coefficient (Wildman–Crippen LogP) is 0.497. The highest BCUT2D eigenvalue weighted by atomic mass is 16.4. The first-order valence-electron chi connectivity index (χ1n) is 7.05. The van der Waals surface area contributed by atoms with Crippen molar-refractivity contribution >= 4 is 11.9 Å². The molecule has 1 aliphatic heterocycles. The zero-order chi connectivity index (χ0) is 15.1. The Morgan fingerprint density at radius 1 is 1.40 bits per heavy atom. The molecule has 3 atom stereocenters. The van der Waals surface area contributed by atoms with Crippen LogP contribution in [-0.4, -0.2) is 51.7 Å². The molecular formula is C14H24N2O4. The maximum atomic E-state index is 12.1. The van der Waals surface area contributed by atoms with Crippen LogP contribution < -0.4 is 5.73 Å². The van der Waals surface area contributed by atoms with Crippen molar-refractivity contribution in [3.8, 4) is 0 Å². The largest absolute Gasteiger partial charge is 0.480 e. The van der Waals surface area contributed by atoms with E-state index < -0.39 is 24.2 Å². The molecule has 1 saturated heterocycles. The molecule has 0 bridgehead atoms. The van der Waals surface area contributed by atoms with Crippen LogP contribution in [0.2, 0.25) is 0 Å². The molecule has 1 aliphatic rings. The van der Waals surface area contributed by atoms with E-state index >= 15 is 0 Å². The number of nitrogens with two attached hydrogens (primary N) is 1. The number of aliphatic carboxylic acids is 1. The molecule has 0 saturated carbocycles. The Balaban J connectivity index is 2.43. The Morgan fingerprint density at radius 3 is 2.70 bits per heavy atom. The molecule has 0 unspecified atom stereocenters. The summed E-state index contributed by atoms with van der Waals surface area (Å²) in [4.78, 5) is 24.4. The van der Waals surface area contributed by atoms with Crippen molar-refractivity contribution in [2.45, 2.75) is 56.7 Å². The number of carbonyl (C=O) groups is 2. The van der Waals surface area contributed by atoms with Crippen molar-refractivity contribution in [1.82, 2.24) is 4.90 Å². The van der Waals surface area contributed by atoms with Crippen molar-refractivity contribution in [2.75, 3.05) is 6.54 Å². The molecule has 20 heavy (non-hydrogen) atoms. The van der Waals surface area contributed by atoms with Gasteiger partial charge in [0.15, 0.2) is 0 Å². The number of rotatable bonds is 8. The van der Waals surface area contributed by atoms with Crippen LogP contribution in [0.4, 0.5) is 0 Å². The fourth-order valence-corrected chi connectivity index (χ4v) is 2.46. The summed E-state index contributed by atoms with van der Waals surface area (Å²) in [6, 6.07) is -1.64. The summed E-state index contributed by atoms with van der Waals surface area (Å²) in [5.74, 6) is -1.47. The highest BCUT2D eigenvalue weighted by Crippen LogP contribution is 2.20. The number of unbranched alkanes of at least 4 members (excludes halogenated alkanes) is 3. The highest BCUT2D eigenvalue weighted by Gasteiger charge is 2.40. The summed E-state index contributed by atoms with van der Waals surface area (Å²) in [5, 5.41) is 18.6. The number of carboxylic acids is 1. The molecule has 1 amide bonds. The van der Waals surface area contributed by atoms with E-state index in [0.717, 1.165) is 25.7 Å². The summed E-state index contributed by atoms with van der Waals surface area (Å²) < 4.78 is 0. The number of hydrogen-bond acceptors (Lipinski definition) is 4. The van der Waals surface area contributed by atoms with E-state index in [9.17, 15) is 14.7 Å². The van der Waals surface area contributed by atoms with Gasteiger partial charge in [-0.15, -0.1) is 6.58 Å². The molecule has 1 rings (SSSR count). The summed E-state index contributed by atoms with van der Waals surface area (Å²) in [5.41, 5.74) is 5.83. The maximum absolute atomic E-state index is 12.1. The second-order valence-corrected chi connectivity index (χ2v) is 5.27. The van der Waals surface area contributed by atoms with E-state index in [2.05, 4.69) is 6.58 Å². The Labute approximate surface area is 119 Å². The second kappa shape index (κ2) is 8.01. The Morgan fingerprint density at radius 2 is 2.10 bits per heavy atom. The zero-order valence-corrected chi connectivity index (χ0v) is 11.7. The summed E-state index contributed by atoms with van der Waals surface area (Å²) in [6.45, 7) is 3.70. The lowest BCUT2D eigenvalue weighted by molar-refractivity contribution is -0.148. The van der Waals surface area contributed by atoms with Gasteiger partial charge < -0.3 is 20.8 Å². The first kappa shape index (κ1) is 16.7. The first-order chi connectivity index (χ1) is 9.47. The lowest BCUT2D eigenvalue weighted by atomic mass is 10.1. The van der Waals surface area contributed by atoms with Crippen LogP contribution in [0.25, 0.3) is 0 Å². The zero-order valence-electron chi connectivity index (χ0n) is 11.7. The molecule has 114 valence electrons. The van der Waals surface area contributed by atoms with Crippen LogP contribution in [0.15, 0.2) is 12.7 Å². The van der Waals surface area contributed by atoms with Crippen LogP contribution >= 0.6 is 0 Å². The minimum atomic E-state index is -1.09. The van der Waals surface area contributed by atoms with Crippen molar-refractivity contribution in [3.05, 3.63) is 12.7 Å². The molecule has 0 spiro atoms. The summed E-state index contributed by atoms with van der Waals surface area (Å²) in [7, 11) is 0. The highest BCUT2D eigenvalue weighted by molar-refractivity contribution is 5.87. The number of aliphatic hydroxyl groups is 1. The van der Waals surface area contributed by atoms with Crippen molar-refractivity contribution < 1.29 is 19.8 Å². The van der Waals surface area contributed by atoms with Gasteiger partial charge in [-0.25, -0.2) is 4.79 Å². The Hall–Kier alpha value is -1.40. The number of β-amino-alcohol motifs (C(OH)–C–C–N with tert-alkyl or cyclic N) is 1. The average Bonchev–Trinajstić information content (AvgIpc) is 2.79.